The Hall–Kier alpha value is -1.72. The maximum absolute atomic E-state index is 13.9. The maximum atomic E-state index is 13.9. The first kappa shape index (κ1) is 15.7. The molecule has 0 amide bonds. The Morgan fingerprint density at radius 2 is 2.14 bits per heavy atom. The highest BCUT2D eigenvalue weighted by Crippen LogP contribution is 2.23. The molecule has 0 saturated carbocycles. The van der Waals surface area contributed by atoms with Gasteiger partial charge in [-0.25, -0.2) is 4.39 Å². The molecule has 1 heterocycles. The van der Waals surface area contributed by atoms with E-state index in [9.17, 15) is 9.50 Å². The van der Waals surface area contributed by atoms with Gasteiger partial charge in [-0.2, -0.15) is 5.10 Å². The van der Waals surface area contributed by atoms with Crippen molar-refractivity contribution in [2.24, 2.45) is 7.05 Å². The van der Waals surface area contributed by atoms with Crippen molar-refractivity contribution in [3.63, 3.8) is 0 Å². The third-order valence-corrected chi connectivity index (χ3v) is 3.71. The van der Waals surface area contributed by atoms with Crippen LogP contribution in [0.5, 0.6) is 0 Å². The molecule has 4 nitrogen and oxygen atoms in total. The largest absolute Gasteiger partial charge is 0.384 e. The molecule has 1 aromatic carbocycles. The van der Waals surface area contributed by atoms with E-state index in [1.807, 2.05) is 13.0 Å². The molecule has 0 spiro atoms. The second-order valence-electron chi connectivity index (χ2n) is 5.54. The standard InChI is InChI=1S/C16H22FN3O/c1-4-15(13-7-5-6-8-14(13)17)18-11-16(2,21)12-9-19-20(3)10-12/h5-10,15,18,21H,4,11H2,1-3H3/t15-,16+/m1/s1. The van der Waals surface area contributed by atoms with Crippen LogP contribution in [-0.2, 0) is 12.6 Å². The van der Waals surface area contributed by atoms with Crippen molar-refractivity contribution in [3.05, 3.63) is 53.6 Å². The molecule has 2 rings (SSSR count). The molecule has 0 radical (unpaired) electrons. The van der Waals surface area contributed by atoms with Crippen LogP contribution in [0.4, 0.5) is 4.39 Å². The number of aryl methyl sites for hydroxylation is 1. The minimum atomic E-state index is -1.05. The van der Waals surface area contributed by atoms with Gasteiger partial charge in [-0.3, -0.25) is 4.68 Å². The average molecular weight is 291 g/mol. The van der Waals surface area contributed by atoms with Gasteiger partial charge in [-0.1, -0.05) is 25.1 Å². The van der Waals surface area contributed by atoms with Gasteiger partial charge in [0.15, 0.2) is 0 Å². The molecule has 0 unspecified atom stereocenters. The van der Waals surface area contributed by atoms with Crippen molar-refractivity contribution < 1.29 is 9.50 Å². The smallest absolute Gasteiger partial charge is 0.127 e. The second kappa shape index (κ2) is 6.37. The second-order valence-corrected chi connectivity index (χ2v) is 5.54. The topological polar surface area (TPSA) is 50.1 Å². The van der Waals surface area contributed by atoms with Gasteiger partial charge in [-0.15, -0.1) is 0 Å². The predicted molar refractivity (Wildman–Crippen MR) is 80.2 cm³/mol. The van der Waals surface area contributed by atoms with E-state index in [2.05, 4.69) is 10.4 Å². The Bertz CT molecular complexity index is 595. The zero-order valence-electron chi connectivity index (χ0n) is 12.7. The van der Waals surface area contributed by atoms with E-state index < -0.39 is 5.60 Å². The van der Waals surface area contributed by atoms with Crippen LogP contribution in [0.1, 0.15) is 37.4 Å². The van der Waals surface area contributed by atoms with Gasteiger partial charge in [0.2, 0.25) is 0 Å². The molecule has 2 atom stereocenters. The van der Waals surface area contributed by atoms with E-state index in [1.165, 1.54) is 6.07 Å². The van der Waals surface area contributed by atoms with Gasteiger partial charge >= 0.3 is 0 Å². The highest BCUT2D eigenvalue weighted by molar-refractivity contribution is 5.21. The summed E-state index contributed by atoms with van der Waals surface area (Å²) in [7, 11) is 1.81. The van der Waals surface area contributed by atoms with Crippen LogP contribution < -0.4 is 5.32 Å². The quantitative estimate of drug-likeness (QED) is 0.860. The van der Waals surface area contributed by atoms with Crippen LogP contribution in [0, 0.1) is 5.82 Å². The van der Waals surface area contributed by atoms with Gasteiger partial charge in [0.1, 0.15) is 11.4 Å². The molecule has 0 aliphatic carbocycles. The van der Waals surface area contributed by atoms with E-state index >= 15 is 0 Å². The normalized spacial score (nSPS) is 15.7. The van der Waals surface area contributed by atoms with E-state index in [4.69, 9.17) is 0 Å². The summed E-state index contributed by atoms with van der Waals surface area (Å²) in [5, 5.41) is 17.9. The highest BCUT2D eigenvalue weighted by atomic mass is 19.1. The van der Waals surface area contributed by atoms with Crippen LogP contribution in [0.2, 0.25) is 0 Å². The lowest BCUT2D eigenvalue weighted by atomic mass is 9.97. The van der Waals surface area contributed by atoms with Gasteiger partial charge in [-0.05, 0) is 19.4 Å². The molecule has 0 saturated heterocycles. The zero-order valence-corrected chi connectivity index (χ0v) is 12.7. The summed E-state index contributed by atoms with van der Waals surface area (Å²) < 4.78 is 15.5. The van der Waals surface area contributed by atoms with Crippen LogP contribution in [0.3, 0.4) is 0 Å². The molecule has 2 aromatic rings. The maximum Gasteiger partial charge on any atom is 0.127 e. The first-order chi connectivity index (χ1) is 9.94. The SMILES string of the molecule is CC[C@@H](NC[C@](C)(O)c1cnn(C)c1)c1ccccc1F. The van der Waals surface area contributed by atoms with Crippen molar-refractivity contribution in [2.75, 3.05) is 6.54 Å². The van der Waals surface area contributed by atoms with Crippen molar-refractivity contribution in [2.45, 2.75) is 31.9 Å². The van der Waals surface area contributed by atoms with Gasteiger partial charge in [0.25, 0.3) is 0 Å². The third-order valence-electron chi connectivity index (χ3n) is 3.71. The van der Waals surface area contributed by atoms with Crippen molar-refractivity contribution >= 4 is 0 Å². The van der Waals surface area contributed by atoms with Gasteiger partial charge in [0, 0.05) is 37.0 Å². The Morgan fingerprint density at radius 3 is 2.71 bits per heavy atom. The van der Waals surface area contributed by atoms with Crippen molar-refractivity contribution in [3.8, 4) is 0 Å². The summed E-state index contributed by atoms with van der Waals surface area (Å²) >= 11 is 0. The number of halogens is 1. The van der Waals surface area contributed by atoms with E-state index in [0.29, 0.717) is 12.1 Å². The summed E-state index contributed by atoms with van der Waals surface area (Å²) in [6.07, 6.45) is 4.17. The molecule has 0 fully saturated rings. The van der Waals surface area contributed by atoms with Crippen LogP contribution in [0.15, 0.2) is 36.7 Å². The molecule has 1 aromatic heterocycles. The lowest BCUT2D eigenvalue weighted by Crippen LogP contribution is -2.37. The fraction of sp³-hybridized carbons (Fsp3) is 0.438. The fourth-order valence-corrected chi connectivity index (χ4v) is 2.36. The van der Waals surface area contributed by atoms with Crippen LogP contribution >= 0.6 is 0 Å². The Balaban J connectivity index is 2.08. The highest BCUT2D eigenvalue weighted by Gasteiger charge is 2.26. The molecular formula is C16H22FN3O. The zero-order chi connectivity index (χ0) is 15.5. The summed E-state index contributed by atoms with van der Waals surface area (Å²) in [5.41, 5.74) is 0.315. The first-order valence-corrected chi connectivity index (χ1v) is 7.13. The Kier molecular flexibility index (Phi) is 4.75. The first-order valence-electron chi connectivity index (χ1n) is 7.13. The number of nitrogens with zero attached hydrogens (tertiary/aromatic N) is 2. The van der Waals surface area contributed by atoms with Gasteiger partial charge < -0.3 is 10.4 Å². The average Bonchev–Trinajstić information content (AvgIpc) is 2.89. The van der Waals surface area contributed by atoms with E-state index in [1.54, 1.807) is 43.2 Å². The number of nitrogens with one attached hydrogen (secondary N) is 1. The van der Waals surface area contributed by atoms with E-state index in [-0.39, 0.29) is 11.9 Å². The lowest BCUT2D eigenvalue weighted by Gasteiger charge is -2.26. The summed E-state index contributed by atoms with van der Waals surface area (Å²) in [5.74, 6) is -0.224. The van der Waals surface area contributed by atoms with Crippen molar-refractivity contribution in [1.29, 1.82) is 0 Å². The summed E-state index contributed by atoms with van der Waals surface area (Å²) in [4.78, 5) is 0. The fourth-order valence-electron chi connectivity index (χ4n) is 2.36. The monoisotopic (exact) mass is 291 g/mol. The summed E-state index contributed by atoms with van der Waals surface area (Å²) in [6.45, 7) is 4.04. The molecule has 0 aliphatic heterocycles. The molecular weight excluding hydrogens is 269 g/mol. The number of aliphatic hydroxyl groups is 1. The van der Waals surface area contributed by atoms with Crippen LogP contribution in [-0.4, -0.2) is 21.4 Å². The molecule has 0 aliphatic rings. The number of hydrogen-bond donors (Lipinski definition) is 2. The Morgan fingerprint density at radius 1 is 1.43 bits per heavy atom. The summed E-state index contributed by atoms with van der Waals surface area (Å²) in [6, 6.07) is 6.60. The number of benzene rings is 1. The predicted octanol–water partition coefficient (Wildman–Crippen LogP) is 2.51. The van der Waals surface area contributed by atoms with Crippen molar-refractivity contribution in [1.82, 2.24) is 15.1 Å². The molecule has 5 heteroatoms. The van der Waals surface area contributed by atoms with Crippen LogP contribution in [0.25, 0.3) is 0 Å². The Labute approximate surface area is 124 Å². The molecule has 2 N–H and O–H groups in total. The lowest BCUT2D eigenvalue weighted by molar-refractivity contribution is 0.0534. The number of aromatic nitrogens is 2. The molecule has 0 bridgehead atoms. The number of hydrogen-bond acceptors (Lipinski definition) is 3. The third kappa shape index (κ3) is 3.68. The van der Waals surface area contributed by atoms with Gasteiger partial charge in [0.05, 0.1) is 6.20 Å². The number of rotatable bonds is 6. The minimum absolute atomic E-state index is 0.130. The molecule has 21 heavy (non-hydrogen) atoms. The van der Waals surface area contributed by atoms with E-state index in [0.717, 1.165) is 12.0 Å². The molecule has 114 valence electrons. The minimum Gasteiger partial charge on any atom is -0.384 e.